The quantitative estimate of drug-likeness (QED) is 0.415. The van der Waals surface area contributed by atoms with Gasteiger partial charge < -0.3 is 14.0 Å². The van der Waals surface area contributed by atoms with Crippen LogP contribution in [0.4, 0.5) is 10.1 Å². The molecule has 0 amide bonds. The summed E-state index contributed by atoms with van der Waals surface area (Å²) in [6, 6.07) is 13.6. The SMILES string of the molecule is CC1CN(c2c(C#N)c(=O)n(C)c3ccc(C#N)nc23)[C@@H](C)CN1C(c1ccc(F)cc1)c1cncn1C. The summed E-state index contributed by atoms with van der Waals surface area (Å²) in [5.74, 6) is -0.297. The molecule has 0 saturated carbocycles. The molecule has 4 aromatic rings. The molecule has 1 aliphatic heterocycles. The second-order valence-corrected chi connectivity index (χ2v) is 9.81. The third-order valence-electron chi connectivity index (χ3n) is 7.41. The first-order valence-electron chi connectivity index (χ1n) is 12.3. The number of pyridine rings is 2. The number of hydrogen-bond acceptors (Lipinski definition) is 7. The van der Waals surface area contributed by atoms with Gasteiger partial charge in [0.25, 0.3) is 5.56 Å². The molecule has 1 saturated heterocycles. The summed E-state index contributed by atoms with van der Waals surface area (Å²) in [4.78, 5) is 26.4. The number of nitriles is 2. The number of hydrogen-bond donors (Lipinski definition) is 0. The minimum atomic E-state index is -0.400. The molecule has 0 aliphatic carbocycles. The zero-order valence-electron chi connectivity index (χ0n) is 21.6. The van der Waals surface area contributed by atoms with Crippen LogP contribution in [0.1, 0.15) is 42.4 Å². The van der Waals surface area contributed by atoms with Crippen molar-refractivity contribution >= 4 is 16.7 Å². The average molecular weight is 511 g/mol. The van der Waals surface area contributed by atoms with Crippen LogP contribution in [-0.2, 0) is 14.1 Å². The van der Waals surface area contributed by atoms with Crippen molar-refractivity contribution in [2.24, 2.45) is 14.1 Å². The Morgan fingerprint density at radius 3 is 2.39 bits per heavy atom. The normalized spacial score (nSPS) is 18.8. The van der Waals surface area contributed by atoms with E-state index in [1.54, 1.807) is 37.6 Å². The third-order valence-corrected chi connectivity index (χ3v) is 7.41. The first-order valence-corrected chi connectivity index (χ1v) is 12.3. The maximum atomic E-state index is 13.8. The molecule has 192 valence electrons. The van der Waals surface area contributed by atoms with Gasteiger partial charge in [0.2, 0.25) is 0 Å². The lowest BCUT2D eigenvalue weighted by Gasteiger charge is -2.48. The zero-order chi connectivity index (χ0) is 27.1. The smallest absolute Gasteiger partial charge is 0.270 e. The highest BCUT2D eigenvalue weighted by Gasteiger charge is 2.38. The minimum Gasteiger partial charge on any atom is -0.363 e. The van der Waals surface area contributed by atoms with E-state index in [1.807, 2.05) is 24.7 Å². The Hall–Kier alpha value is -4.54. The molecule has 0 spiro atoms. The third kappa shape index (κ3) is 4.09. The topological polar surface area (TPSA) is 107 Å². The number of piperazine rings is 1. The van der Waals surface area contributed by atoms with Crippen LogP contribution in [0.2, 0.25) is 0 Å². The number of aromatic nitrogens is 4. The van der Waals surface area contributed by atoms with Gasteiger partial charge in [-0.15, -0.1) is 0 Å². The first kappa shape index (κ1) is 25.1. The Bertz CT molecular complexity index is 1660. The standard InChI is InChI=1S/C28H27FN8O/c1-17-15-37(27-22(12-31)28(38)35(4)23-10-9-21(11-30)33-25(23)27)18(2)14-36(17)26(24-13-32-16-34(24)3)19-5-7-20(29)8-6-19/h5-10,13,16-18,26H,14-15H2,1-4H3/t17?,18-,26?/m0/s1. The summed E-state index contributed by atoms with van der Waals surface area (Å²) >= 11 is 0. The summed E-state index contributed by atoms with van der Waals surface area (Å²) in [6.07, 6.45) is 3.58. The van der Waals surface area contributed by atoms with Crippen LogP contribution in [0.25, 0.3) is 11.0 Å². The molecular formula is C28H27FN8O. The fourth-order valence-corrected chi connectivity index (χ4v) is 5.47. The van der Waals surface area contributed by atoms with Crippen LogP contribution < -0.4 is 10.5 Å². The van der Waals surface area contributed by atoms with Gasteiger partial charge in [0, 0.05) is 39.3 Å². The largest absolute Gasteiger partial charge is 0.363 e. The van der Waals surface area contributed by atoms with Crippen molar-refractivity contribution in [3.05, 3.63) is 87.6 Å². The lowest BCUT2D eigenvalue weighted by atomic mass is 9.96. The van der Waals surface area contributed by atoms with Crippen LogP contribution in [0.15, 0.2) is 53.7 Å². The van der Waals surface area contributed by atoms with Crippen molar-refractivity contribution in [2.45, 2.75) is 32.0 Å². The van der Waals surface area contributed by atoms with Gasteiger partial charge in [0.15, 0.2) is 0 Å². The lowest BCUT2D eigenvalue weighted by molar-refractivity contribution is 0.126. The number of aryl methyl sites for hydroxylation is 2. The molecule has 9 nitrogen and oxygen atoms in total. The van der Waals surface area contributed by atoms with Crippen LogP contribution in [-0.4, -0.2) is 49.2 Å². The van der Waals surface area contributed by atoms with Gasteiger partial charge in [0.05, 0.1) is 35.5 Å². The number of fused-ring (bicyclic) bond motifs is 1. The summed E-state index contributed by atoms with van der Waals surface area (Å²) in [5.41, 5.74) is 3.22. The van der Waals surface area contributed by atoms with E-state index < -0.39 is 5.56 Å². The molecule has 0 bridgehead atoms. The molecule has 10 heteroatoms. The highest BCUT2D eigenvalue weighted by Crippen LogP contribution is 2.36. The van der Waals surface area contributed by atoms with E-state index in [-0.39, 0.29) is 35.2 Å². The maximum absolute atomic E-state index is 13.8. The van der Waals surface area contributed by atoms with E-state index in [0.717, 1.165) is 11.3 Å². The Morgan fingerprint density at radius 1 is 1.03 bits per heavy atom. The molecule has 1 aliphatic rings. The molecule has 0 N–H and O–H groups in total. The van der Waals surface area contributed by atoms with Crippen molar-refractivity contribution in [2.75, 3.05) is 18.0 Å². The molecule has 1 fully saturated rings. The Kier molecular flexibility index (Phi) is 6.43. The number of imidazole rings is 1. The van der Waals surface area contributed by atoms with Gasteiger partial charge in [-0.3, -0.25) is 9.69 Å². The summed E-state index contributed by atoms with van der Waals surface area (Å²) in [7, 11) is 3.54. The highest BCUT2D eigenvalue weighted by atomic mass is 19.1. The van der Waals surface area contributed by atoms with Gasteiger partial charge in [-0.05, 0) is 43.7 Å². The molecule has 0 radical (unpaired) electrons. The summed E-state index contributed by atoms with van der Waals surface area (Å²) < 4.78 is 17.2. The van der Waals surface area contributed by atoms with Crippen molar-refractivity contribution in [1.82, 2.24) is 24.0 Å². The van der Waals surface area contributed by atoms with Crippen molar-refractivity contribution in [1.29, 1.82) is 10.5 Å². The van der Waals surface area contributed by atoms with E-state index >= 15 is 0 Å². The fourth-order valence-electron chi connectivity index (χ4n) is 5.47. The van der Waals surface area contributed by atoms with Gasteiger partial charge in [-0.25, -0.2) is 14.4 Å². The maximum Gasteiger partial charge on any atom is 0.270 e. The van der Waals surface area contributed by atoms with Crippen molar-refractivity contribution < 1.29 is 4.39 Å². The number of benzene rings is 1. The van der Waals surface area contributed by atoms with E-state index in [2.05, 4.69) is 38.8 Å². The molecule has 2 unspecified atom stereocenters. The second-order valence-electron chi connectivity index (χ2n) is 9.81. The molecule has 3 aromatic heterocycles. The predicted octanol–water partition coefficient (Wildman–Crippen LogP) is 3.24. The number of nitrogens with zero attached hydrogens (tertiary/aromatic N) is 8. The number of rotatable bonds is 4. The number of halogens is 1. The highest BCUT2D eigenvalue weighted by molar-refractivity contribution is 5.92. The van der Waals surface area contributed by atoms with Gasteiger partial charge >= 0.3 is 0 Å². The van der Waals surface area contributed by atoms with E-state index in [1.165, 1.54) is 16.7 Å². The van der Waals surface area contributed by atoms with E-state index in [9.17, 15) is 19.7 Å². The zero-order valence-corrected chi connectivity index (χ0v) is 21.6. The van der Waals surface area contributed by atoms with Crippen LogP contribution >= 0.6 is 0 Å². The monoisotopic (exact) mass is 510 g/mol. The average Bonchev–Trinajstić information content (AvgIpc) is 3.34. The second kappa shape index (κ2) is 9.73. The van der Waals surface area contributed by atoms with Crippen LogP contribution in [0.3, 0.4) is 0 Å². The van der Waals surface area contributed by atoms with Crippen molar-refractivity contribution in [3.63, 3.8) is 0 Å². The Morgan fingerprint density at radius 2 is 1.76 bits per heavy atom. The molecule has 38 heavy (non-hydrogen) atoms. The summed E-state index contributed by atoms with van der Waals surface area (Å²) in [6.45, 7) is 5.23. The van der Waals surface area contributed by atoms with Crippen LogP contribution in [0, 0.1) is 28.5 Å². The Balaban J connectivity index is 1.61. The minimum absolute atomic E-state index is 0.0109. The summed E-state index contributed by atoms with van der Waals surface area (Å²) in [5, 5.41) is 19.5. The van der Waals surface area contributed by atoms with Crippen molar-refractivity contribution in [3.8, 4) is 12.1 Å². The van der Waals surface area contributed by atoms with Gasteiger partial charge in [0.1, 0.15) is 34.7 Å². The number of anilines is 1. The Labute approximate surface area is 219 Å². The molecule has 1 aromatic carbocycles. The first-order chi connectivity index (χ1) is 18.2. The molecule has 5 rings (SSSR count). The predicted molar refractivity (Wildman–Crippen MR) is 141 cm³/mol. The van der Waals surface area contributed by atoms with E-state index in [4.69, 9.17) is 0 Å². The molecule has 3 atom stereocenters. The molecule has 4 heterocycles. The van der Waals surface area contributed by atoms with Gasteiger partial charge in [-0.2, -0.15) is 10.5 Å². The fraction of sp³-hybridized carbons (Fsp3) is 0.321. The molecular weight excluding hydrogens is 483 g/mol. The lowest BCUT2D eigenvalue weighted by Crippen LogP contribution is -2.58. The van der Waals surface area contributed by atoms with Gasteiger partial charge in [-0.1, -0.05) is 12.1 Å². The van der Waals surface area contributed by atoms with Crippen LogP contribution in [0.5, 0.6) is 0 Å². The van der Waals surface area contributed by atoms with E-state index in [0.29, 0.717) is 29.8 Å².